The molecule has 0 bridgehead atoms. The minimum atomic E-state index is -0.449. The van der Waals surface area contributed by atoms with Gasteiger partial charge in [0.05, 0.1) is 23.7 Å². The van der Waals surface area contributed by atoms with Gasteiger partial charge in [0.25, 0.3) is 5.56 Å². The molecule has 0 aliphatic heterocycles. The van der Waals surface area contributed by atoms with Crippen LogP contribution in [0.25, 0.3) is 10.4 Å². The number of rotatable bonds is 3. The molecule has 1 aromatic carbocycles. The first-order valence-corrected chi connectivity index (χ1v) is 7.42. The van der Waals surface area contributed by atoms with E-state index in [0.29, 0.717) is 17.7 Å². The van der Waals surface area contributed by atoms with Crippen molar-refractivity contribution in [3.05, 3.63) is 79.9 Å². The largest absolute Gasteiger partial charge is 0.328 e. The van der Waals surface area contributed by atoms with E-state index in [1.54, 1.807) is 30.5 Å². The van der Waals surface area contributed by atoms with E-state index in [-0.39, 0.29) is 5.56 Å². The summed E-state index contributed by atoms with van der Waals surface area (Å²) in [6.45, 7) is 0.333. The van der Waals surface area contributed by atoms with Crippen molar-refractivity contribution in [2.24, 2.45) is 0 Å². The van der Waals surface area contributed by atoms with Gasteiger partial charge in [-0.05, 0) is 29.1 Å². The number of nitrogens with zero attached hydrogens (tertiary/aromatic N) is 2. The van der Waals surface area contributed by atoms with Crippen LogP contribution in [0.4, 0.5) is 0 Å². The molecular formula is C16H11N3O2S. The summed E-state index contributed by atoms with van der Waals surface area (Å²) in [5.41, 5.74) is 1.09. The molecule has 108 valence electrons. The predicted molar refractivity (Wildman–Crippen MR) is 84.9 cm³/mol. The molecule has 0 saturated heterocycles. The second-order valence-electron chi connectivity index (χ2n) is 4.72. The number of benzene rings is 1. The van der Waals surface area contributed by atoms with Crippen LogP contribution in [0.2, 0.25) is 0 Å². The fourth-order valence-electron chi connectivity index (χ4n) is 2.12. The highest BCUT2D eigenvalue weighted by atomic mass is 32.1. The zero-order valence-electron chi connectivity index (χ0n) is 11.4. The lowest BCUT2D eigenvalue weighted by atomic mass is 10.1. The highest BCUT2D eigenvalue weighted by Gasteiger charge is 2.08. The Balaban J connectivity index is 2.00. The second-order valence-corrected chi connectivity index (χ2v) is 5.66. The van der Waals surface area contributed by atoms with Gasteiger partial charge < -0.3 is 0 Å². The third-order valence-electron chi connectivity index (χ3n) is 3.23. The fourth-order valence-corrected chi connectivity index (χ4v) is 2.85. The lowest BCUT2D eigenvalue weighted by Crippen LogP contribution is -2.30. The highest BCUT2D eigenvalue weighted by molar-refractivity contribution is 7.13. The van der Waals surface area contributed by atoms with Gasteiger partial charge in [-0.1, -0.05) is 18.2 Å². The molecule has 0 atom stereocenters. The van der Waals surface area contributed by atoms with E-state index in [9.17, 15) is 9.59 Å². The summed E-state index contributed by atoms with van der Waals surface area (Å²) in [5.74, 6) is 0. The lowest BCUT2D eigenvalue weighted by molar-refractivity contribution is 0.723. The molecule has 3 rings (SSSR count). The number of H-pyrrole nitrogens is 1. The van der Waals surface area contributed by atoms with Crippen LogP contribution in [0.5, 0.6) is 0 Å². The second kappa shape index (κ2) is 5.84. The molecule has 0 radical (unpaired) electrons. The number of aromatic nitrogens is 2. The summed E-state index contributed by atoms with van der Waals surface area (Å²) >= 11 is 1.44. The molecule has 2 heterocycles. The van der Waals surface area contributed by atoms with Gasteiger partial charge in [-0.3, -0.25) is 14.3 Å². The van der Waals surface area contributed by atoms with Crippen molar-refractivity contribution in [2.75, 3.05) is 0 Å². The van der Waals surface area contributed by atoms with E-state index in [4.69, 9.17) is 5.26 Å². The van der Waals surface area contributed by atoms with Crippen molar-refractivity contribution in [1.29, 1.82) is 5.26 Å². The number of nitriles is 1. The summed E-state index contributed by atoms with van der Waals surface area (Å²) in [5, 5.41) is 10.7. The monoisotopic (exact) mass is 309 g/mol. The summed E-state index contributed by atoms with van der Waals surface area (Å²) in [4.78, 5) is 27.0. The predicted octanol–water partition coefficient (Wildman–Crippen LogP) is 2.19. The molecule has 0 fully saturated rings. The van der Waals surface area contributed by atoms with Gasteiger partial charge in [0.2, 0.25) is 0 Å². The van der Waals surface area contributed by atoms with E-state index in [0.717, 1.165) is 10.4 Å². The smallest absolute Gasteiger partial charge is 0.296 e. The third kappa shape index (κ3) is 2.75. The lowest BCUT2D eigenvalue weighted by Gasteiger charge is -2.07. The summed E-state index contributed by atoms with van der Waals surface area (Å²) in [6.07, 6.45) is 1.57. The summed E-state index contributed by atoms with van der Waals surface area (Å²) in [6, 6.07) is 12.7. The number of thiophene rings is 1. The van der Waals surface area contributed by atoms with Crippen LogP contribution < -0.4 is 11.2 Å². The van der Waals surface area contributed by atoms with Gasteiger partial charge in [0.1, 0.15) is 0 Å². The minimum absolute atomic E-state index is 0.333. The topological polar surface area (TPSA) is 78.7 Å². The molecule has 0 aliphatic carbocycles. The number of hydrogen-bond acceptors (Lipinski definition) is 4. The van der Waals surface area contributed by atoms with Gasteiger partial charge in [0, 0.05) is 11.1 Å². The van der Waals surface area contributed by atoms with Gasteiger partial charge >= 0.3 is 5.69 Å². The molecule has 0 saturated carbocycles. The average molecular weight is 309 g/mol. The zero-order chi connectivity index (χ0) is 15.5. The first-order valence-electron chi connectivity index (χ1n) is 6.54. The van der Waals surface area contributed by atoms with Gasteiger partial charge in [0.15, 0.2) is 0 Å². The van der Waals surface area contributed by atoms with Gasteiger partial charge in [-0.2, -0.15) is 5.26 Å². The Morgan fingerprint density at radius 1 is 1.18 bits per heavy atom. The molecule has 3 aromatic rings. The molecular weight excluding hydrogens is 298 g/mol. The fraction of sp³-hybridized carbons (Fsp3) is 0.0625. The Morgan fingerprint density at radius 3 is 2.59 bits per heavy atom. The number of aromatic amines is 1. The van der Waals surface area contributed by atoms with E-state index in [2.05, 4.69) is 4.98 Å². The van der Waals surface area contributed by atoms with Crippen LogP contribution in [0, 0.1) is 11.3 Å². The maximum absolute atomic E-state index is 11.9. The van der Waals surface area contributed by atoms with Crippen LogP contribution in [-0.4, -0.2) is 9.55 Å². The Bertz CT molecular complexity index is 945. The van der Waals surface area contributed by atoms with E-state index >= 15 is 0 Å². The molecule has 0 aliphatic rings. The van der Waals surface area contributed by atoms with E-state index < -0.39 is 5.69 Å². The van der Waals surface area contributed by atoms with Crippen molar-refractivity contribution in [3.63, 3.8) is 0 Å². The maximum Gasteiger partial charge on any atom is 0.328 e. The Hall–Kier alpha value is -2.91. The molecule has 5 nitrogen and oxygen atoms in total. The van der Waals surface area contributed by atoms with Crippen molar-refractivity contribution >= 4 is 11.3 Å². The van der Waals surface area contributed by atoms with Crippen molar-refractivity contribution in [3.8, 4) is 16.5 Å². The molecule has 1 N–H and O–H groups in total. The van der Waals surface area contributed by atoms with Crippen LogP contribution >= 0.6 is 11.3 Å². The minimum Gasteiger partial charge on any atom is -0.296 e. The molecule has 6 heteroatoms. The number of nitrogens with one attached hydrogen (secondary N) is 1. The molecule has 0 amide bonds. The first-order chi connectivity index (χ1) is 10.7. The maximum atomic E-state index is 11.9. The molecule has 22 heavy (non-hydrogen) atoms. The van der Waals surface area contributed by atoms with Crippen LogP contribution in [-0.2, 0) is 6.54 Å². The van der Waals surface area contributed by atoms with Crippen LogP contribution in [0.3, 0.4) is 0 Å². The standard InChI is InChI=1S/C16H11N3O2S/c17-8-11-3-5-12(6-4-11)9-19-10-13(14-2-1-7-22-14)15(20)18-16(19)21/h1-7,10H,9H2,(H,18,20,21). The van der Waals surface area contributed by atoms with Gasteiger partial charge in [-0.25, -0.2) is 4.79 Å². The average Bonchev–Trinajstić information content (AvgIpc) is 3.05. The summed E-state index contributed by atoms with van der Waals surface area (Å²) < 4.78 is 1.46. The number of hydrogen-bond donors (Lipinski definition) is 1. The first kappa shape index (κ1) is 14.0. The van der Waals surface area contributed by atoms with Crippen LogP contribution in [0.15, 0.2) is 57.6 Å². The van der Waals surface area contributed by atoms with Crippen molar-refractivity contribution in [1.82, 2.24) is 9.55 Å². The van der Waals surface area contributed by atoms with Crippen LogP contribution in [0.1, 0.15) is 11.1 Å². The van der Waals surface area contributed by atoms with Gasteiger partial charge in [-0.15, -0.1) is 11.3 Å². The quantitative estimate of drug-likeness (QED) is 0.805. The Kier molecular flexibility index (Phi) is 3.73. The Morgan fingerprint density at radius 2 is 1.95 bits per heavy atom. The normalized spacial score (nSPS) is 10.3. The molecule has 0 spiro atoms. The van der Waals surface area contributed by atoms with E-state index in [1.165, 1.54) is 15.9 Å². The third-order valence-corrected chi connectivity index (χ3v) is 4.14. The molecule has 0 unspecified atom stereocenters. The zero-order valence-corrected chi connectivity index (χ0v) is 12.3. The van der Waals surface area contributed by atoms with E-state index in [1.807, 2.05) is 23.6 Å². The molecule has 2 aromatic heterocycles. The van der Waals surface area contributed by atoms with Crippen molar-refractivity contribution in [2.45, 2.75) is 6.54 Å². The Labute approximate surface area is 129 Å². The van der Waals surface area contributed by atoms with Crippen molar-refractivity contribution < 1.29 is 0 Å². The SMILES string of the molecule is N#Cc1ccc(Cn2cc(-c3cccs3)c(=O)[nH]c2=O)cc1. The summed E-state index contributed by atoms with van der Waals surface area (Å²) in [7, 11) is 0. The highest BCUT2D eigenvalue weighted by Crippen LogP contribution is 2.20.